The standard InChI is InChI=1S/C23H42N2O.H3N/c1-5-6-16-7-10-20(3)18-8-11-19(2)17(9-12-21(19,4)26)23(18,25)14-13-22(20,24)15-16;/h16-18,26H,5-15,24-25H2,1-4H3;1H3. The fourth-order valence-electron chi connectivity index (χ4n) is 8.53. The molecule has 4 saturated carbocycles. The third-order valence-corrected chi connectivity index (χ3v) is 10.5. The summed E-state index contributed by atoms with van der Waals surface area (Å²) in [6, 6.07) is 0. The van der Waals surface area contributed by atoms with Gasteiger partial charge in [0.25, 0.3) is 0 Å². The molecule has 0 saturated heterocycles. The zero-order chi connectivity index (χ0) is 19.0. The van der Waals surface area contributed by atoms with Crippen LogP contribution >= 0.6 is 0 Å². The van der Waals surface area contributed by atoms with Gasteiger partial charge >= 0.3 is 0 Å². The smallest absolute Gasteiger partial charge is 0.0676 e. The van der Waals surface area contributed by atoms with Crippen molar-refractivity contribution >= 4 is 0 Å². The Hall–Kier alpha value is -0.160. The van der Waals surface area contributed by atoms with Gasteiger partial charge in [-0.1, -0.05) is 33.6 Å². The topological polar surface area (TPSA) is 107 Å². The molecule has 0 heterocycles. The zero-order valence-electron chi connectivity index (χ0n) is 18.3. The van der Waals surface area contributed by atoms with Gasteiger partial charge < -0.3 is 22.7 Å². The van der Waals surface area contributed by atoms with Gasteiger partial charge in [-0.3, -0.25) is 0 Å². The summed E-state index contributed by atoms with van der Waals surface area (Å²) in [5.74, 6) is 1.77. The molecule has 4 fully saturated rings. The molecule has 0 aromatic rings. The van der Waals surface area contributed by atoms with Crippen molar-refractivity contribution in [2.24, 2.45) is 40.1 Å². The Labute approximate surface area is 166 Å². The Morgan fingerprint density at radius 3 is 2.11 bits per heavy atom. The van der Waals surface area contributed by atoms with Crippen molar-refractivity contribution in [3.05, 3.63) is 0 Å². The highest BCUT2D eigenvalue weighted by atomic mass is 16.3. The Morgan fingerprint density at radius 1 is 0.852 bits per heavy atom. The fraction of sp³-hybridized carbons (Fsp3) is 1.00. The summed E-state index contributed by atoms with van der Waals surface area (Å²) < 4.78 is 0. The van der Waals surface area contributed by atoms with Crippen molar-refractivity contribution in [3.63, 3.8) is 0 Å². The van der Waals surface area contributed by atoms with Crippen molar-refractivity contribution < 1.29 is 5.11 Å². The maximum atomic E-state index is 11.1. The van der Waals surface area contributed by atoms with Gasteiger partial charge in [-0.15, -0.1) is 0 Å². The first kappa shape index (κ1) is 21.5. The van der Waals surface area contributed by atoms with Crippen LogP contribution in [0.25, 0.3) is 0 Å². The van der Waals surface area contributed by atoms with Gasteiger partial charge in [0, 0.05) is 16.5 Å². The first-order valence-electron chi connectivity index (χ1n) is 11.3. The van der Waals surface area contributed by atoms with E-state index in [1.165, 1.54) is 32.1 Å². The number of hydrogen-bond donors (Lipinski definition) is 4. The zero-order valence-corrected chi connectivity index (χ0v) is 18.3. The summed E-state index contributed by atoms with van der Waals surface area (Å²) in [5, 5.41) is 11.1. The lowest BCUT2D eigenvalue weighted by Crippen LogP contribution is -2.75. The number of nitrogens with two attached hydrogens (primary N) is 2. The number of hydrogen-bond acceptors (Lipinski definition) is 4. The highest BCUT2D eigenvalue weighted by Crippen LogP contribution is 2.69. The molecule has 8 atom stereocenters. The maximum absolute atomic E-state index is 11.1. The average Bonchev–Trinajstić information content (AvgIpc) is 2.80. The summed E-state index contributed by atoms with van der Waals surface area (Å²) in [4.78, 5) is 0. The lowest BCUT2D eigenvalue weighted by Gasteiger charge is -2.69. The Balaban J connectivity index is 0.00000210. The van der Waals surface area contributed by atoms with Gasteiger partial charge in [0.05, 0.1) is 5.60 Å². The largest absolute Gasteiger partial charge is 0.390 e. The van der Waals surface area contributed by atoms with E-state index in [4.69, 9.17) is 11.5 Å². The molecule has 0 aromatic carbocycles. The second-order valence-electron chi connectivity index (χ2n) is 11.5. The molecule has 0 radical (unpaired) electrons. The van der Waals surface area contributed by atoms with E-state index in [0.29, 0.717) is 11.8 Å². The SMILES string of the molecule is CCCC1CCC2(C)C3CCC4(C)C(CCC4(C)O)C3(N)CCC2(N)C1.N. The summed E-state index contributed by atoms with van der Waals surface area (Å²) in [6.07, 6.45) is 12.8. The highest BCUT2D eigenvalue weighted by molar-refractivity contribution is 5.24. The summed E-state index contributed by atoms with van der Waals surface area (Å²) in [6.45, 7) is 9.16. The predicted octanol–water partition coefficient (Wildman–Crippen LogP) is 4.52. The third-order valence-electron chi connectivity index (χ3n) is 10.5. The van der Waals surface area contributed by atoms with Crippen molar-refractivity contribution in [1.82, 2.24) is 6.15 Å². The van der Waals surface area contributed by atoms with Crippen LogP contribution in [-0.4, -0.2) is 21.8 Å². The second-order valence-corrected chi connectivity index (χ2v) is 11.5. The Bertz CT molecular complexity index is 580. The van der Waals surface area contributed by atoms with Gasteiger partial charge in [-0.2, -0.15) is 0 Å². The van der Waals surface area contributed by atoms with Crippen LogP contribution in [0.15, 0.2) is 0 Å². The number of fused-ring (bicyclic) bond motifs is 5. The molecule has 4 aliphatic rings. The van der Waals surface area contributed by atoms with Gasteiger partial charge in [-0.25, -0.2) is 0 Å². The van der Waals surface area contributed by atoms with Crippen LogP contribution in [0.5, 0.6) is 0 Å². The highest BCUT2D eigenvalue weighted by Gasteiger charge is 2.70. The molecule has 0 aromatic heterocycles. The average molecular weight is 380 g/mol. The van der Waals surface area contributed by atoms with Crippen molar-refractivity contribution in [2.45, 2.75) is 115 Å². The number of rotatable bonds is 2. The lowest BCUT2D eigenvalue weighted by atomic mass is 9.39. The quantitative estimate of drug-likeness (QED) is 0.565. The summed E-state index contributed by atoms with van der Waals surface area (Å²) in [5.41, 5.74) is 13.9. The summed E-state index contributed by atoms with van der Waals surface area (Å²) >= 11 is 0. The van der Waals surface area contributed by atoms with E-state index in [0.717, 1.165) is 44.4 Å². The molecule has 27 heavy (non-hydrogen) atoms. The predicted molar refractivity (Wildman–Crippen MR) is 113 cm³/mol. The number of aliphatic hydroxyl groups is 1. The molecular formula is C23H45N3O. The van der Waals surface area contributed by atoms with Crippen LogP contribution in [0.1, 0.15) is 98.3 Å². The molecular weight excluding hydrogens is 334 g/mol. The normalized spacial score (nSPS) is 57.2. The molecule has 8 unspecified atom stereocenters. The van der Waals surface area contributed by atoms with E-state index in [1.807, 2.05) is 0 Å². The molecule has 4 heteroatoms. The molecule has 158 valence electrons. The van der Waals surface area contributed by atoms with Crippen LogP contribution in [-0.2, 0) is 0 Å². The van der Waals surface area contributed by atoms with Crippen molar-refractivity contribution in [2.75, 3.05) is 0 Å². The van der Waals surface area contributed by atoms with Crippen LogP contribution < -0.4 is 17.6 Å². The van der Waals surface area contributed by atoms with Crippen molar-refractivity contribution in [3.8, 4) is 0 Å². The molecule has 4 aliphatic carbocycles. The molecule has 0 aliphatic heterocycles. The first-order valence-corrected chi connectivity index (χ1v) is 11.3. The van der Waals surface area contributed by atoms with Crippen LogP contribution in [0.4, 0.5) is 0 Å². The van der Waals surface area contributed by atoms with E-state index in [1.54, 1.807) is 0 Å². The lowest BCUT2D eigenvalue weighted by molar-refractivity contribution is -0.166. The Morgan fingerprint density at radius 2 is 1.44 bits per heavy atom. The van der Waals surface area contributed by atoms with Gasteiger partial charge in [0.1, 0.15) is 0 Å². The van der Waals surface area contributed by atoms with E-state index in [9.17, 15) is 5.11 Å². The Kier molecular flexibility index (Phi) is 5.12. The van der Waals surface area contributed by atoms with Gasteiger partial charge in [0.15, 0.2) is 0 Å². The molecule has 8 N–H and O–H groups in total. The minimum Gasteiger partial charge on any atom is -0.390 e. The minimum absolute atomic E-state index is 0. The molecule has 4 nitrogen and oxygen atoms in total. The summed E-state index contributed by atoms with van der Waals surface area (Å²) in [7, 11) is 0. The monoisotopic (exact) mass is 379 g/mol. The van der Waals surface area contributed by atoms with Crippen LogP contribution in [0, 0.1) is 28.6 Å². The minimum atomic E-state index is -0.564. The second kappa shape index (κ2) is 6.42. The molecule has 0 bridgehead atoms. The van der Waals surface area contributed by atoms with Crippen molar-refractivity contribution in [1.29, 1.82) is 0 Å². The molecule has 0 spiro atoms. The first-order chi connectivity index (χ1) is 12.0. The van der Waals surface area contributed by atoms with E-state index in [2.05, 4.69) is 27.7 Å². The molecule has 4 rings (SSSR count). The van der Waals surface area contributed by atoms with Gasteiger partial charge in [-0.05, 0) is 87.9 Å². The third kappa shape index (κ3) is 2.62. The van der Waals surface area contributed by atoms with E-state index >= 15 is 0 Å². The fourth-order valence-corrected chi connectivity index (χ4v) is 8.53. The van der Waals surface area contributed by atoms with Crippen LogP contribution in [0.3, 0.4) is 0 Å². The molecule has 0 amide bonds. The van der Waals surface area contributed by atoms with Gasteiger partial charge in [0.2, 0.25) is 0 Å². The van der Waals surface area contributed by atoms with E-state index in [-0.39, 0.29) is 28.1 Å². The maximum Gasteiger partial charge on any atom is 0.0676 e. The van der Waals surface area contributed by atoms with Crippen LogP contribution in [0.2, 0.25) is 0 Å². The van der Waals surface area contributed by atoms with E-state index < -0.39 is 5.60 Å².